The van der Waals surface area contributed by atoms with Crippen LogP contribution in [0.5, 0.6) is 0 Å². The molecule has 0 radical (unpaired) electrons. The summed E-state index contributed by atoms with van der Waals surface area (Å²) >= 11 is 6.84. The second-order valence-corrected chi connectivity index (χ2v) is 10.5. The molecule has 0 N–H and O–H groups in total. The van der Waals surface area contributed by atoms with Gasteiger partial charge >= 0.3 is 18.4 Å². The molecule has 3 heterocycles. The molecule has 3 fully saturated rings. The molecule has 1 aromatic rings. The van der Waals surface area contributed by atoms with Gasteiger partial charge in [0, 0.05) is 51.4 Å². The van der Waals surface area contributed by atoms with Crippen LogP contribution in [0.2, 0.25) is 5.02 Å². The zero-order valence-electron chi connectivity index (χ0n) is 20.5. The van der Waals surface area contributed by atoms with Crippen LogP contribution in [-0.2, 0) is 11.3 Å². The smallest absolute Gasteiger partial charge is 0.426 e. The van der Waals surface area contributed by atoms with Crippen molar-refractivity contribution < 1.29 is 35.9 Å². The number of likely N-dealkylation sites (tertiary alicyclic amines) is 2. The van der Waals surface area contributed by atoms with Gasteiger partial charge in [0.1, 0.15) is 0 Å². The van der Waals surface area contributed by atoms with Crippen molar-refractivity contribution in [2.45, 2.75) is 56.2 Å². The molecule has 3 aliphatic heterocycles. The van der Waals surface area contributed by atoms with Gasteiger partial charge in [0.25, 0.3) is 6.10 Å². The van der Waals surface area contributed by atoms with Gasteiger partial charge in [-0.05, 0) is 50.9 Å². The maximum atomic E-state index is 12.8. The molecule has 1 aromatic carbocycles. The molecular formula is C24H31ClF6N4O2. The molecule has 0 unspecified atom stereocenters. The lowest BCUT2D eigenvalue weighted by Gasteiger charge is -2.45. The van der Waals surface area contributed by atoms with Crippen molar-refractivity contribution in [3.8, 4) is 0 Å². The van der Waals surface area contributed by atoms with Crippen molar-refractivity contribution in [2.24, 2.45) is 0 Å². The fourth-order valence-corrected chi connectivity index (χ4v) is 5.90. The standard InChI is InChI=1S/C24H31ClF6N4O2/c1-32-12-14-33(15-13-32)18-5-2-4-17(19(18)25)16-35-9-3-6-22(35)7-10-34(11-8-22)21(36)37-20(23(26,27)28)24(29,30)31/h2,4-5,20H,3,6-16H2,1H3. The molecule has 3 aliphatic rings. The molecule has 13 heteroatoms. The number of benzene rings is 1. The van der Waals surface area contributed by atoms with Crippen LogP contribution in [0.15, 0.2) is 18.2 Å². The Morgan fingerprint density at radius 2 is 1.59 bits per heavy atom. The Morgan fingerprint density at radius 3 is 2.19 bits per heavy atom. The van der Waals surface area contributed by atoms with Crippen LogP contribution in [0.3, 0.4) is 0 Å². The lowest BCUT2D eigenvalue weighted by molar-refractivity contribution is -0.308. The quantitative estimate of drug-likeness (QED) is 0.480. The largest absolute Gasteiger partial charge is 0.434 e. The molecule has 3 saturated heterocycles. The van der Waals surface area contributed by atoms with Gasteiger partial charge in [-0.2, -0.15) is 26.3 Å². The normalized spacial score (nSPS) is 21.8. The fraction of sp³-hybridized carbons (Fsp3) is 0.708. The molecule has 37 heavy (non-hydrogen) atoms. The summed E-state index contributed by atoms with van der Waals surface area (Å²) < 4.78 is 80.7. The average molecular weight is 557 g/mol. The number of halogens is 7. The summed E-state index contributed by atoms with van der Waals surface area (Å²) in [6, 6.07) is 5.97. The van der Waals surface area contributed by atoms with Gasteiger partial charge < -0.3 is 19.4 Å². The third kappa shape index (κ3) is 6.22. The Kier molecular flexibility index (Phi) is 8.11. The number of hydrogen-bond acceptors (Lipinski definition) is 5. The Morgan fingerprint density at radius 1 is 0.973 bits per heavy atom. The highest BCUT2D eigenvalue weighted by molar-refractivity contribution is 6.34. The van der Waals surface area contributed by atoms with Crippen LogP contribution in [0, 0.1) is 0 Å². The number of piperidine rings is 1. The highest BCUT2D eigenvalue weighted by Crippen LogP contribution is 2.42. The van der Waals surface area contributed by atoms with Crippen molar-refractivity contribution in [2.75, 3.05) is 57.8 Å². The van der Waals surface area contributed by atoms with Crippen LogP contribution in [0.4, 0.5) is 36.8 Å². The van der Waals surface area contributed by atoms with E-state index < -0.39 is 24.5 Å². The second-order valence-electron chi connectivity index (χ2n) is 10.1. The van der Waals surface area contributed by atoms with Gasteiger partial charge in [-0.3, -0.25) is 4.90 Å². The third-order valence-electron chi connectivity index (χ3n) is 7.77. The lowest BCUT2D eigenvalue weighted by Crippen LogP contribution is -2.54. The SMILES string of the molecule is CN1CCN(c2cccc(CN3CCCC34CCN(C(=O)OC(C(F)(F)F)C(F)(F)F)CC4)c2Cl)CC1. The number of ether oxygens (including phenoxy) is 1. The Balaban J connectivity index is 1.40. The van der Waals surface area contributed by atoms with Crippen LogP contribution >= 0.6 is 11.6 Å². The first-order valence-corrected chi connectivity index (χ1v) is 12.7. The van der Waals surface area contributed by atoms with Gasteiger partial charge in [-0.1, -0.05) is 23.7 Å². The predicted octanol–water partition coefficient (Wildman–Crippen LogP) is 5.15. The van der Waals surface area contributed by atoms with E-state index in [2.05, 4.69) is 26.5 Å². The summed E-state index contributed by atoms with van der Waals surface area (Å²) in [7, 11) is 2.08. The van der Waals surface area contributed by atoms with E-state index in [-0.39, 0.29) is 18.6 Å². The number of hydrogen-bond donors (Lipinski definition) is 0. The summed E-state index contributed by atoms with van der Waals surface area (Å²) in [5.74, 6) is 0. The van der Waals surface area contributed by atoms with Gasteiger partial charge in [0.2, 0.25) is 0 Å². The van der Waals surface area contributed by atoms with Gasteiger partial charge in [-0.15, -0.1) is 0 Å². The van der Waals surface area contributed by atoms with Crippen LogP contribution in [0.1, 0.15) is 31.2 Å². The highest BCUT2D eigenvalue weighted by atomic mass is 35.5. The summed E-state index contributed by atoms with van der Waals surface area (Å²) in [6.07, 6.45) is -14.6. The van der Waals surface area contributed by atoms with E-state index in [1.165, 1.54) is 0 Å². The third-order valence-corrected chi connectivity index (χ3v) is 8.21. The number of alkyl halides is 6. The first-order valence-electron chi connectivity index (χ1n) is 12.4. The number of likely N-dealkylation sites (N-methyl/N-ethyl adjacent to an activating group) is 1. The number of carbonyl (C=O) groups excluding carboxylic acids is 1. The number of amides is 1. The topological polar surface area (TPSA) is 39.3 Å². The molecule has 0 aromatic heterocycles. The van der Waals surface area contributed by atoms with E-state index in [1.54, 1.807) is 0 Å². The molecule has 4 rings (SSSR count). The Bertz CT molecular complexity index is 946. The molecule has 0 bridgehead atoms. The fourth-order valence-electron chi connectivity index (χ4n) is 5.59. The summed E-state index contributed by atoms with van der Waals surface area (Å²) in [5, 5.41) is 0.695. The minimum Gasteiger partial charge on any atom is -0.426 e. The minimum absolute atomic E-state index is 0.0207. The van der Waals surface area contributed by atoms with Crippen LogP contribution < -0.4 is 4.90 Å². The first-order chi connectivity index (χ1) is 17.3. The maximum Gasteiger partial charge on any atom is 0.434 e. The minimum atomic E-state index is -5.73. The zero-order valence-corrected chi connectivity index (χ0v) is 21.3. The monoisotopic (exact) mass is 556 g/mol. The highest BCUT2D eigenvalue weighted by Gasteiger charge is 2.60. The molecular weight excluding hydrogens is 526 g/mol. The van der Waals surface area contributed by atoms with Gasteiger partial charge in [0.05, 0.1) is 10.7 Å². The number of nitrogens with zero attached hydrogens (tertiary/aromatic N) is 4. The van der Waals surface area contributed by atoms with Gasteiger partial charge in [-0.25, -0.2) is 4.79 Å². The van der Waals surface area contributed by atoms with E-state index >= 15 is 0 Å². The number of rotatable bonds is 4. The molecule has 1 spiro atoms. The van der Waals surface area contributed by atoms with E-state index in [0.717, 1.165) is 61.7 Å². The number of carbonyl (C=O) groups is 1. The van der Waals surface area contributed by atoms with Gasteiger partial charge in [0.15, 0.2) is 0 Å². The number of anilines is 1. The Hall–Kier alpha value is -1.92. The van der Waals surface area contributed by atoms with Crippen molar-refractivity contribution >= 4 is 23.4 Å². The molecule has 1 amide bonds. The molecule has 0 saturated carbocycles. The van der Waals surface area contributed by atoms with Crippen LogP contribution in [-0.4, -0.2) is 97.6 Å². The van der Waals surface area contributed by atoms with Crippen molar-refractivity contribution in [1.29, 1.82) is 0 Å². The zero-order chi connectivity index (χ0) is 27.0. The van der Waals surface area contributed by atoms with E-state index in [1.807, 2.05) is 18.2 Å². The molecule has 6 nitrogen and oxygen atoms in total. The van der Waals surface area contributed by atoms with Crippen molar-refractivity contribution in [1.82, 2.24) is 14.7 Å². The summed E-state index contributed by atoms with van der Waals surface area (Å²) in [5.41, 5.74) is 1.67. The molecule has 208 valence electrons. The average Bonchev–Trinajstić information content (AvgIpc) is 3.19. The molecule has 0 aliphatic carbocycles. The Labute approximate surface area is 217 Å². The first kappa shape index (κ1) is 28.1. The van der Waals surface area contributed by atoms with E-state index in [9.17, 15) is 31.1 Å². The lowest BCUT2D eigenvalue weighted by atomic mass is 9.85. The number of piperazine rings is 1. The molecule has 0 atom stereocenters. The summed E-state index contributed by atoms with van der Waals surface area (Å²) in [6.45, 7) is 5.06. The van der Waals surface area contributed by atoms with Crippen LogP contribution in [0.25, 0.3) is 0 Å². The predicted molar refractivity (Wildman–Crippen MR) is 127 cm³/mol. The summed E-state index contributed by atoms with van der Waals surface area (Å²) in [4.78, 5) is 20.0. The van der Waals surface area contributed by atoms with Crippen molar-refractivity contribution in [3.05, 3.63) is 28.8 Å². The van der Waals surface area contributed by atoms with E-state index in [4.69, 9.17) is 11.6 Å². The van der Waals surface area contributed by atoms with E-state index in [0.29, 0.717) is 24.4 Å². The van der Waals surface area contributed by atoms with Crippen molar-refractivity contribution in [3.63, 3.8) is 0 Å². The maximum absolute atomic E-state index is 12.8. The second kappa shape index (κ2) is 10.7.